The Bertz CT molecular complexity index is 1420. The van der Waals surface area contributed by atoms with Gasteiger partial charge in [-0.15, -0.1) is 0 Å². The van der Waals surface area contributed by atoms with Crippen LogP contribution in [0.3, 0.4) is 0 Å². The number of nitrogen functional groups attached to an aromatic ring is 1. The third-order valence-electron chi connectivity index (χ3n) is 5.59. The van der Waals surface area contributed by atoms with Gasteiger partial charge in [0.1, 0.15) is 11.5 Å². The molecule has 0 aromatic heterocycles. The first kappa shape index (κ1) is 21.3. The van der Waals surface area contributed by atoms with E-state index < -0.39 is 29.6 Å². The fraction of sp³-hybridized carbons (Fsp3) is 0.0870. The second kappa shape index (κ2) is 6.98. The second-order valence-electron chi connectivity index (χ2n) is 7.66. The lowest BCUT2D eigenvalue weighted by Crippen LogP contribution is -2.33. The Morgan fingerprint density at radius 2 is 1.59 bits per heavy atom. The van der Waals surface area contributed by atoms with Crippen molar-refractivity contribution in [2.45, 2.75) is 11.8 Å². The van der Waals surface area contributed by atoms with Crippen LogP contribution in [0.5, 0.6) is 11.5 Å². The summed E-state index contributed by atoms with van der Waals surface area (Å²) in [7, 11) is 0. The largest absolute Gasteiger partial charge is 0.478 e. The Hall–Kier alpha value is -4.54. The van der Waals surface area contributed by atoms with Crippen LogP contribution in [0, 0.1) is 0 Å². The Kier molecular flexibility index (Phi) is 4.37. The first-order chi connectivity index (χ1) is 16.0. The predicted molar refractivity (Wildman–Crippen MR) is 111 cm³/mol. The summed E-state index contributed by atoms with van der Waals surface area (Å²) in [4.78, 5) is 35.6. The molecule has 0 bridgehead atoms. The van der Waals surface area contributed by atoms with E-state index in [0.29, 0.717) is 16.8 Å². The number of aromatic carboxylic acids is 1. The zero-order chi connectivity index (χ0) is 24.4. The smallest absolute Gasteiger partial charge is 0.471 e. The quantitative estimate of drug-likeness (QED) is 0.381. The third kappa shape index (κ3) is 3.04. The molecule has 11 heteroatoms. The van der Waals surface area contributed by atoms with Gasteiger partial charge in [0.2, 0.25) is 0 Å². The molecule has 3 aromatic rings. The topological polar surface area (TPSA) is 128 Å². The maximum absolute atomic E-state index is 12.9. The van der Waals surface area contributed by atoms with Crippen LogP contribution >= 0.6 is 0 Å². The molecule has 0 radical (unpaired) electrons. The van der Waals surface area contributed by atoms with Gasteiger partial charge in [0.15, 0.2) is 5.60 Å². The molecule has 8 nitrogen and oxygen atoms in total. The lowest BCUT2D eigenvalue weighted by atomic mass is 9.77. The molecule has 2 aliphatic rings. The van der Waals surface area contributed by atoms with Gasteiger partial charge in [-0.05, 0) is 36.4 Å². The summed E-state index contributed by atoms with van der Waals surface area (Å²) in [6.45, 7) is 0. The van der Waals surface area contributed by atoms with Crippen molar-refractivity contribution in [2.75, 3.05) is 11.1 Å². The number of alkyl halides is 3. The van der Waals surface area contributed by atoms with Crippen molar-refractivity contribution in [3.05, 3.63) is 82.4 Å². The van der Waals surface area contributed by atoms with Crippen molar-refractivity contribution in [2.24, 2.45) is 0 Å². The molecule has 0 aliphatic carbocycles. The number of carboxylic acid groups (broad SMARTS) is 1. The third-order valence-corrected chi connectivity index (χ3v) is 5.59. The number of carbonyl (C=O) groups is 3. The van der Waals surface area contributed by atoms with E-state index in [-0.39, 0.29) is 33.9 Å². The number of carbonyl (C=O) groups excluding carboxylic acids is 2. The van der Waals surface area contributed by atoms with Gasteiger partial charge in [0.05, 0.1) is 11.1 Å². The van der Waals surface area contributed by atoms with E-state index in [9.17, 15) is 32.7 Å². The summed E-state index contributed by atoms with van der Waals surface area (Å²) in [5, 5.41) is 11.1. The molecule has 1 amide bonds. The average Bonchev–Trinajstić information content (AvgIpc) is 3.05. The maximum atomic E-state index is 12.9. The fourth-order valence-corrected chi connectivity index (χ4v) is 4.16. The number of fused-ring (bicyclic) bond motifs is 6. The zero-order valence-corrected chi connectivity index (χ0v) is 16.9. The van der Waals surface area contributed by atoms with E-state index >= 15 is 0 Å². The number of nitrogens with one attached hydrogen (secondary N) is 1. The van der Waals surface area contributed by atoms with Crippen molar-refractivity contribution in [1.29, 1.82) is 0 Å². The summed E-state index contributed by atoms with van der Waals surface area (Å²) < 4.78 is 49.8. The van der Waals surface area contributed by atoms with Crippen LogP contribution in [-0.4, -0.2) is 29.1 Å². The van der Waals surface area contributed by atoms with Gasteiger partial charge in [-0.2, -0.15) is 13.2 Å². The summed E-state index contributed by atoms with van der Waals surface area (Å²) in [5.74, 6) is -4.00. The van der Waals surface area contributed by atoms with Crippen molar-refractivity contribution in [1.82, 2.24) is 0 Å². The number of halogens is 3. The van der Waals surface area contributed by atoms with Crippen LogP contribution in [-0.2, 0) is 15.1 Å². The molecule has 0 fully saturated rings. The van der Waals surface area contributed by atoms with Crippen LogP contribution in [0.25, 0.3) is 0 Å². The number of rotatable bonds is 2. The number of anilines is 2. The monoisotopic (exact) mass is 470 g/mol. The van der Waals surface area contributed by atoms with Crippen LogP contribution in [0.2, 0.25) is 0 Å². The first-order valence-corrected chi connectivity index (χ1v) is 9.72. The lowest BCUT2D eigenvalue weighted by molar-refractivity contribution is -0.167. The van der Waals surface area contributed by atoms with Crippen LogP contribution in [0.1, 0.15) is 37.4 Å². The van der Waals surface area contributed by atoms with Gasteiger partial charge in [-0.3, -0.25) is 4.79 Å². The summed E-state index contributed by atoms with van der Waals surface area (Å²) in [6.07, 6.45) is -5.10. The molecule has 3 aromatic carbocycles. The highest BCUT2D eigenvalue weighted by Crippen LogP contribution is 2.56. The minimum atomic E-state index is -5.10. The SMILES string of the molecule is Nc1ccc2c(c1)Oc1cc(NC(=O)C(F)(F)F)ccc1C21OC(=O)c2cc(C(=O)O)ccc21. The molecule has 2 heterocycles. The van der Waals surface area contributed by atoms with Crippen molar-refractivity contribution < 1.29 is 42.1 Å². The van der Waals surface area contributed by atoms with Crippen LogP contribution in [0.4, 0.5) is 24.5 Å². The molecule has 0 saturated carbocycles. The number of hydrogen-bond acceptors (Lipinski definition) is 6. The molecule has 4 N–H and O–H groups in total. The second-order valence-corrected chi connectivity index (χ2v) is 7.66. The Labute approximate surface area is 188 Å². The number of carboxylic acids is 1. The number of nitrogens with two attached hydrogens (primary N) is 1. The predicted octanol–water partition coefficient (Wildman–Crippen LogP) is 4.04. The molecule has 2 aliphatic heterocycles. The summed E-state index contributed by atoms with van der Waals surface area (Å²) in [6, 6.07) is 12.3. The van der Waals surface area contributed by atoms with Crippen molar-refractivity contribution in [3.63, 3.8) is 0 Å². The lowest BCUT2D eigenvalue weighted by Gasteiger charge is -2.36. The minimum Gasteiger partial charge on any atom is -0.478 e. The average molecular weight is 470 g/mol. The summed E-state index contributed by atoms with van der Waals surface area (Å²) >= 11 is 0. The molecule has 0 saturated heterocycles. The molecular formula is C23H13F3N2O6. The van der Waals surface area contributed by atoms with Crippen LogP contribution in [0.15, 0.2) is 54.6 Å². The standard InChI is InChI=1S/C23H13F3N2O6/c24-23(25,26)21(32)28-12-3-6-16-18(9-12)33-17-8-11(27)2-5-15(17)22(16)14-4-1-10(19(29)30)7-13(14)20(31)34-22/h1-9H,27H2,(H,28,32)(H,29,30). The summed E-state index contributed by atoms with van der Waals surface area (Å²) in [5.41, 5.74) is 5.28. The van der Waals surface area contributed by atoms with Gasteiger partial charge in [-0.1, -0.05) is 6.07 Å². The van der Waals surface area contributed by atoms with E-state index in [0.717, 1.165) is 0 Å². The minimum absolute atomic E-state index is 0.0148. The van der Waals surface area contributed by atoms with Crippen molar-refractivity contribution >= 4 is 29.2 Å². The van der Waals surface area contributed by atoms with Crippen LogP contribution < -0.4 is 15.8 Å². The Morgan fingerprint density at radius 1 is 0.941 bits per heavy atom. The zero-order valence-electron chi connectivity index (χ0n) is 16.9. The highest BCUT2D eigenvalue weighted by Gasteiger charge is 2.53. The molecule has 5 rings (SSSR count). The molecular weight excluding hydrogens is 457 g/mol. The maximum Gasteiger partial charge on any atom is 0.471 e. The Morgan fingerprint density at radius 3 is 2.26 bits per heavy atom. The van der Waals surface area contributed by atoms with E-state index in [2.05, 4.69) is 0 Å². The van der Waals surface area contributed by atoms with Gasteiger partial charge in [-0.25, -0.2) is 9.59 Å². The van der Waals surface area contributed by atoms with Gasteiger partial charge in [0.25, 0.3) is 0 Å². The number of ether oxygens (including phenoxy) is 2. The Balaban J connectivity index is 1.72. The van der Waals surface area contributed by atoms with E-state index in [1.807, 2.05) is 0 Å². The number of amides is 1. The number of esters is 1. The van der Waals surface area contributed by atoms with Gasteiger partial charge in [0, 0.05) is 40.2 Å². The molecule has 1 unspecified atom stereocenters. The van der Waals surface area contributed by atoms with Crippen molar-refractivity contribution in [3.8, 4) is 11.5 Å². The van der Waals surface area contributed by atoms with Gasteiger partial charge >= 0.3 is 24.0 Å². The van der Waals surface area contributed by atoms with E-state index in [1.165, 1.54) is 42.5 Å². The molecule has 172 valence electrons. The fourth-order valence-electron chi connectivity index (χ4n) is 4.16. The molecule has 34 heavy (non-hydrogen) atoms. The van der Waals surface area contributed by atoms with E-state index in [1.54, 1.807) is 17.4 Å². The highest BCUT2D eigenvalue weighted by atomic mass is 19.4. The first-order valence-electron chi connectivity index (χ1n) is 9.72. The van der Waals surface area contributed by atoms with Gasteiger partial charge < -0.3 is 25.6 Å². The molecule has 1 spiro atoms. The number of benzene rings is 3. The normalized spacial score (nSPS) is 17.8. The van der Waals surface area contributed by atoms with E-state index in [4.69, 9.17) is 15.2 Å². The molecule has 1 atom stereocenters. The highest BCUT2D eigenvalue weighted by molar-refractivity contribution is 6.00. The number of hydrogen-bond donors (Lipinski definition) is 3.